The molecule has 0 atom stereocenters. The molecule has 180 valence electrons. The lowest BCUT2D eigenvalue weighted by molar-refractivity contribution is 0.0692. The summed E-state index contributed by atoms with van der Waals surface area (Å²) < 4.78 is 11.6. The van der Waals surface area contributed by atoms with E-state index in [4.69, 9.17) is 14.6 Å². The van der Waals surface area contributed by atoms with Gasteiger partial charge in [-0.25, -0.2) is 9.78 Å². The minimum atomic E-state index is -1.02. The zero-order valence-corrected chi connectivity index (χ0v) is 19.7. The Morgan fingerprint density at radius 3 is 2.33 bits per heavy atom. The number of unbranched alkanes of at least 4 members (excludes halogenated alkanes) is 7. The van der Waals surface area contributed by atoms with Crippen LogP contribution in [0.1, 0.15) is 80.0 Å². The molecule has 0 amide bonds. The molecule has 33 heavy (non-hydrogen) atoms. The highest BCUT2D eigenvalue weighted by molar-refractivity contribution is 5.90. The molecule has 1 heterocycles. The maximum absolute atomic E-state index is 11.3. The molecule has 0 aliphatic rings. The Bertz CT molecular complexity index is 865. The Kier molecular flexibility index (Phi) is 12.7. The molecule has 6 heteroatoms. The highest BCUT2D eigenvalue weighted by Gasteiger charge is 2.11. The molecule has 1 aromatic heterocycles. The van der Waals surface area contributed by atoms with Gasteiger partial charge in [0, 0.05) is 12.1 Å². The number of carbonyl (C=O) groups is 1. The minimum absolute atomic E-state index is 0.0710. The van der Waals surface area contributed by atoms with Crippen molar-refractivity contribution < 1.29 is 24.5 Å². The SMILES string of the molecule is CCCCCCCCCCOc1ccc(CCOc2ccccc2C(=O)O)nc1C=CCO. The van der Waals surface area contributed by atoms with Crippen molar-refractivity contribution in [3.05, 3.63) is 59.4 Å². The molecule has 0 saturated heterocycles. The summed E-state index contributed by atoms with van der Waals surface area (Å²) >= 11 is 0. The first-order valence-corrected chi connectivity index (χ1v) is 12.0. The van der Waals surface area contributed by atoms with Crippen LogP contribution in [0.15, 0.2) is 42.5 Å². The van der Waals surface area contributed by atoms with Crippen LogP contribution in [0.25, 0.3) is 6.08 Å². The lowest BCUT2D eigenvalue weighted by Crippen LogP contribution is -2.08. The van der Waals surface area contributed by atoms with E-state index < -0.39 is 5.97 Å². The van der Waals surface area contributed by atoms with Crippen LogP contribution in [0.3, 0.4) is 0 Å². The second-order valence-corrected chi connectivity index (χ2v) is 7.99. The van der Waals surface area contributed by atoms with E-state index in [9.17, 15) is 9.90 Å². The first-order valence-electron chi connectivity index (χ1n) is 12.0. The number of para-hydroxylation sites is 1. The van der Waals surface area contributed by atoms with Gasteiger partial charge in [0.15, 0.2) is 0 Å². The molecule has 0 spiro atoms. The number of pyridine rings is 1. The van der Waals surface area contributed by atoms with Gasteiger partial charge in [-0.2, -0.15) is 0 Å². The number of aliphatic hydroxyl groups is 1. The summed E-state index contributed by atoms with van der Waals surface area (Å²) in [5.74, 6) is 0.0254. The average Bonchev–Trinajstić information content (AvgIpc) is 2.82. The monoisotopic (exact) mass is 455 g/mol. The Labute approximate surface area is 197 Å². The van der Waals surface area contributed by atoms with E-state index in [0.717, 1.165) is 18.5 Å². The van der Waals surface area contributed by atoms with E-state index in [0.29, 0.717) is 36.8 Å². The Morgan fingerprint density at radius 2 is 1.61 bits per heavy atom. The summed E-state index contributed by atoms with van der Waals surface area (Å²) in [6.07, 6.45) is 13.9. The van der Waals surface area contributed by atoms with Crippen LogP contribution < -0.4 is 9.47 Å². The molecule has 0 radical (unpaired) electrons. The standard InChI is InChI=1S/C27H37NO5/c1-2-3-4-5-6-7-8-11-20-32-26-17-16-22(28-24(26)14-12-19-29)18-21-33-25-15-10-9-13-23(25)27(30)31/h9-10,12-17,29H,2-8,11,18-21H2,1H3,(H,30,31). The number of hydrogen-bond acceptors (Lipinski definition) is 5. The maximum Gasteiger partial charge on any atom is 0.339 e. The Morgan fingerprint density at radius 1 is 0.909 bits per heavy atom. The third-order valence-corrected chi connectivity index (χ3v) is 5.31. The molecule has 0 aliphatic carbocycles. The van der Waals surface area contributed by atoms with Crippen LogP contribution in [-0.2, 0) is 6.42 Å². The number of carboxylic acids is 1. The van der Waals surface area contributed by atoms with Gasteiger partial charge in [0.1, 0.15) is 22.8 Å². The molecule has 2 N–H and O–H groups in total. The van der Waals surface area contributed by atoms with Crippen LogP contribution >= 0.6 is 0 Å². The summed E-state index contributed by atoms with van der Waals surface area (Å²) in [5.41, 5.74) is 1.62. The fourth-order valence-corrected chi connectivity index (χ4v) is 3.50. The van der Waals surface area contributed by atoms with Crippen LogP contribution in [0.2, 0.25) is 0 Å². The zero-order valence-electron chi connectivity index (χ0n) is 19.7. The number of nitrogens with zero attached hydrogens (tertiary/aromatic N) is 1. The summed E-state index contributed by atoms with van der Waals surface area (Å²) in [6.45, 7) is 3.11. The largest absolute Gasteiger partial charge is 0.492 e. The first kappa shape index (κ1) is 26.4. The van der Waals surface area contributed by atoms with Crippen LogP contribution in [0.4, 0.5) is 0 Å². The summed E-state index contributed by atoms with van der Waals surface area (Å²) in [5, 5.41) is 18.4. The van der Waals surface area contributed by atoms with Crippen LogP contribution in [0, 0.1) is 0 Å². The zero-order chi connectivity index (χ0) is 23.7. The van der Waals surface area contributed by atoms with Gasteiger partial charge in [0.2, 0.25) is 0 Å². The summed E-state index contributed by atoms with van der Waals surface area (Å²) in [4.78, 5) is 15.9. The molecule has 2 rings (SSSR count). The van der Waals surface area contributed by atoms with Gasteiger partial charge < -0.3 is 19.7 Å². The lowest BCUT2D eigenvalue weighted by Gasteiger charge is -2.12. The number of aromatic nitrogens is 1. The van der Waals surface area contributed by atoms with Crippen molar-refractivity contribution >= 4 is 12.0 Å². The molecule has 0 unspecified atom stereocenters. The van der Waals surface area contributed by atoms with E-state index >= 15 is 0 Å². The average molecular weight is 456 g/mol. The molecule has 0 bridgehead atoms. The highest BCUT2D eigenvalue weighted by Crippen LogP contribution is 2.21. The topological polar surface area (TPSA) is 88.9 Å². The highest BCUT2D eigenvalue weighted by atomic mass is 16.5. The van der Waals surface area contributed by atoms with Gasteiger partial charge in [0.25, 0.3) is 0 Å². The van der Waals surface area contributed by atoms with Crippen molar-refractivity contribution in [3.63, 3.8) is 0 Å². The number of benzene rings is 1. The number of rotatable bonds is 17. The van der Waals surface area contributed by atoms with Gasteiger partial charge >= 0.3 is 5.97 Å². The molecule has 1 aromatic carbocycles. The van der Waals surface area contributed by atoms with Crippen LogP contribution in [-0.4, -0.2) is 41.0 Å². The number of carboxylic acid groups (broad SMARTS) is 1. The molecular formula is C27H37NO5. The summed E-state index contributed by atoms with van der Waals surface area (Å²) in [6, 6.07) is 10.4. The third-order valence-electron chi connectivity index (χ3n) is 5.31. The van der Waals surface area contributed by atoms with Gasteiger partial charge in [-0.15, -0.1) is 0 Å². The van der Waals surface area contributed by atoms with Gasteiger partial charge in [-0.1, -0.05) is 70.1 Å². The van der Waals surface area contributed by atoms with Crippen molar-refractivity contribution in [1.29, 1.82) is 0 Å². The van der Waals surface area contributed by atoms with E-state index in [1.54, 1.807) is 30.4 Å². The maximum atomic E-state index is 11.3. The van der Waals surface area contributed by atoms with E-state index in [2.05, 4.69) is 11.9 Å². The molecule has 0 aliphatic heterocycles. The van der Waals surface area contributed by atoms with Gasteiger partial charge in [-0.3, -0.25) is 0 Å². The minimum Gasteiger partial charge on any atom is -0.492 e. The quantitative estimate of drug-likeness (QED) is 0.288. The van der Waals surface area contributed by atoms with Crippen molar-refractivity contribution in [1.82, 2.24) is 4.98 Å². The first-order chi connectivity index (χ1) is 16.2. The smallest absolute Gasteiger partial charge is 0.339 e. The van der Waals surface area contributed by atoms with Crippen LogP contribution in [0.5, 0.6) is 11.5 Å². The van der Waals surface area contributed by atoms with E-state index in [1.807, 2.05) is 12.1 Å². The van der Waals surface area contributed by atoms with Gasteiger partial charge in [-0.05, 0) is 36.8 Å². The fraction of sp³-hybridized carbons (Fsp3) is 0.481. The lowest BCUT2D eigenvalue weighted by atomic mass is 10.1. The molecular weight excluding hydrogens is 418 g/mol. The predicted octanol–water partition coefficient (Wildman–Crippen LogP) is 5.93. The van der Waals surface area contributed by atoms with E-state index in [-0.39, 0.29) is 12.2 Å². The summed E-state index contributed by atoms with van der Waals surface area (Å²) in [7, 11) is 0. The van der Waals surface area contributed by atoms with Crippen molar-refractivity contribution in [2.24, 2.45) is 0 Å². The third kappa shape index (κ3) is 10.1. The van der Waals surface area contributed by atoms with E-state index in [1.165, 1.54) is 44.6 Å². The normalized spacial score (nSPS) is 11.1. The van der Waals surface area contributed by atoms with Crippen molar-refractivity contribution in [2.45, 2.75) is 64.7 Å². The second-order valence-electron chi connectivity index (χ2n) is 7.99. The Balaban J connectivity index is 1.84. The number of hydrogen-bond donors (Lipinski definition) is 2. The number of aromatic carboxylic acids is 1. The molecule has 0 fully saturated rings. The Hall–Kier alpha value is -2.86. The molecule has 6 nitrogen and oxygen atoms in total. The number of ether oxygens (including phenoxy) is 2. The fourth-order valence-electron chi connectivity index (χ4n) is 3.50. The predicted molar refractivity (Wildman–Crippen MR) is 131 cm³/mol. The van der Waals surface area contributed by atoms with Crippen molar-refractivity contribution in [3.8, 4) is 11.5 Å². The molecule has 0 saturated carbocycles. The van der Waals surface area contributed by atoms with Gasteiger partial charge in [0.05, 0.1) is 19.8 Å². The number of aliphatic hydroxyl groups excluding tert-OH is 1. The van der Waals surface area contributed by atoms with Crippen molar-refractivity contribution in [2.75, 3.05) is 19.8 Å². The second kappa shape index (κ2) is 15.9. The molecule has 2 aromatic rings.